The van der Waals surface area contributed by atoms with Gasteiger partial charge in [-0.15, -0.1) is 13.2 Å². The van der Waals surface area contributed by atoms with E-state index in [0.717, 1.165) is 0 Å². The van der Waals surface area contributed by atoms with Crippen LogP contribution in [0.1, 0.15) is 28.2 Å². The number of hydrogen-bond acceptors (Lipinski definition) is 5. The van der Waals surface area contributed by atoms with Gasteiger partial charge in [0.2, 0.25) is 0 Å². The van der Waals surface area contributed by atoms with E-state index in [9.17, 15) is 18.0 Å². The maximum absolute atomic E-state index is 13.0. The summed E-state index contributed by atoms with van der Waals surface area (Å²) in [6, 6.07) is 10.4. The van der Waals surface area contributed by atoms with Crippen LogP contribution >= 0.6 is 0 Å². The fraction of sp³-hybridized carbons (Fsp3) is 0.250. The first-order valence-corrected chi connectivity index (χ1v) is 9.04. The van der Waals surface area contributed by atoms with Crippen molar-refractivity contribution in [1.29, 1.82) is 0 Å². The summed E-state index contributed by atoms with van der Waals surface area (Å²) >= 11 is 0. The minimum atomic E-state index is -4.79. The van der Waals surface area contributed by atoms with Crippen molar-refractivity contribution in [2.75, 3.05) is 6.61 Å². The highest BCUT2D eigenvalue weighted by Gasteiger charge is 2.43. The van der Waals surface area contributed by atoms with E-state index < -0.39 is 17.8 Å². The lowest BCUT2D eigenvalue weighted by molar-refractivity contribution is -0.274. The molecule has 1 aliphatic rings. The molecule has 30 heavy (non-hydrogen) atoms. The first-order valence-electron chi connectivity index (χ1n) is 9.04. The molecular weight excluding hydrogens is 401 g/mol. The SMILES string of the molecule is Cn1nccc1C(=O)NC1(c2ccc(OC(F)(F)F)cc2)CCOc2cccnc21. The summed E-state index contributed by atoms with van der Waals surface area (Å²) in [4.78, 5) is 17.4. The molecule has 0 saturated carbocycles. The monoisotopic (exact) mass is 418 g/mol. The molecule has 10 heteroatoms. The van der Waals surface area contributed by atoms with Gasteiger partial charge in [0.25, 0.3) is 5.91 Å². The van der Waals surface area contributed by atoms with Gasteiger partial charge < -0.3 is 14.8 Å². The standard InChI is InChI=1S/C20H17F3N4O3/c1-27-15(8-11-25-27)18(28)26-19(9-12-29-16-3-2-10-24-17(16)19)13-4-6-14(7-5-13)30-20(21,22)23/h2-8,10-11H,9,12H2,1H3,(H,26,28). The predicted octanol–water partition coefficient (Wildman–Crippen LogP) is 3.17. The van der Waals surface area contributed by atoms with E-state index in [0.29, 0.717) is 29.1 Å². The summed E-state index contributed by atoms with van der Waals surface area (Å²) in [6.45, 7) is 0.283. The molecule has 1 aromatic carbocycles. The molecule has 1 unspecified atom stereocenters. The maximum atomic E-state index is 13.0. The highest BCUT2D eigenvalue weighted by molar-refractivity contribution is 5.93. The fourth-order valence-electron chi connectivity index (χ4n) is 3.53. The van der Waals surface area contributed by atoms with Crippen molar-refractivity contribution in [2.45, 2.75) is 18.3 Å². The Bertz CT molecular complexity index is 1070. The largest absolute Gasteiger partial charge is 0.573 e. The number of pyridine rings is 1. The van der Waals surface area contributed by atoms with E-state index in [2.05, 4.69) is 20.1 Å². The quantitative estimate of drug-likeness (QED) is 0.704. The van der Waals surface area contributed by atoms with Crippen molar-refractivity contribution < 1.29 is 27.4 Å². The van der Waals surface area contributed by atoms with Crippen molar-refractivity contribution >= 4 is 5.91 Å². The number of carbonyl (C=O) groups is 1. The third-order valence-electron chi connectivity index (χ3n) is 4.87. The molecule has 1 amide bonds. The molecule has 1 aliphatic heterocycles. The molecule has 3 aromatic rings. The molecule has 0 bridgehead atoms. The number of aromatic nitrogens is 3. The maximum Gasteiger partial charge on any atom is 0.573 e. The Balaban J connectivity index is 1.78. The summed E-state index contributed by atoms with van der Waals surface area (Å²) < 4.78 is 48.6. The van der Waals surface area contributed by atoms with Gasteiger partial charge in [-0.05, 0) is 35.9 Å². The molecule has 0 spiro atoms. The minimum absolute atomic E-state index is 0.283. The van der Waals surface area contributed by atoms with Gasteiger partial charge in [-0.1, -0.05) is 12.1 Å². The van der Waals surface area contributed by atoms with Crippen molar-refractivity contribution in [3.8, 4) is 11.5 Å². The van der Waals surface area contributed by atoms with Crippen LogP contribution in [-0.2, 0) is 12.6 Å². The van der Waals surface area contributed by atoms with Crippen molar-refractivity contribution in [1.82, 2.24) is 20.1 Å². The Labute approximate surface area is 169 Å². The highest BCUT2D eigenvalue weighted by atomic mass is 19.4. The molecule has 0 aliphatic carbocycles. The van der Waals surface area contributed by atoms with Gasteiger partial charge >= 0.3 is 6.36 Å². The molecule has 1 N–H and O–H groups in total. The summed E-state index contributed by atoms with van der Waals surface area (Å²) in [5.74, 6) is -0.263. The van der Waals surface area contributed by atoms with Gasteiger partial charge in [-0.25, -0.2) is 0 Å². The van der Waals surface area contributed by atoms with Crippen LogP contribution in [0.25, 0.3) is 0 Å². The summed E-state index contributed by atoms with van der Waals surface area (Å²) in [5, 5.41) is 7.02. The molecule has 156 valence electrons. The fourth-order valence-corrected chi connectivity index (χ4v) is 3.53. The zero-order valence-corrected chi connectivity index (χ0v) is 15.8. The number of halogens is 3. The van der Waals surface area contributed by atoms with Crippen LogP contribution in [-0.4, -0.2) is 33.6 Å². The van der Waals surface area contributed by atoms with Crippen molar-refractivity contribution in [3.05, 3.63) is 71.8 Å². The zero-order valence-electron chi connectivity index (χ0n) is 15.8. The van der Waals surface area contributed by atoms with Gasteiger partial charge in [0.15, 0.2) is 0 Å². The van der Waals surface area contributed by atoms with Gasteiger partial charge in [0, 0.05) is 25.9 Å². The third kappa shape index (κ3) is 3.68. The molecular formula is C20H17F3N4O3. The first kappa shape index (κ1) is 19.7. The Morgan fingerprint density at radius 3 is 2.63 bits per heavy atom. The Hall–Kier alpha value is -3.56. The van der Waals surface area contributed by atoms with Crippen LogP contribution in [0.4, 0.5) is 13.2 Å². The highest BCUT2D eigenvalue weighted by Crippen LogP contribution is 2.41. The Kier molecular flexibility index (Phi) is 4.84. The third-order valence-corrected chi connectivity index (χ3v) is 4.87. The second-order valence-electron chi connectivity index (χ2n) is 6.72. The molecule has 4 rings (SSSR count). The lowest BCUT2D eigenvalue weighted by atomic mass is 9.81. The number of fused-ring (bicyclic) bond motifs is 1. The topological polar surface area (TPSA) is 78.3 Å². The van der Waals surface area contributed by atoms with E-state index in [1.807, 2.05) is 0 Å². The normalized spacial score (nSPS) is 18.3. The molecule has 0 radical (unpaired) electrons. The van der Waals surface area contributed by atoms with E-state index in [1.165, 1.54) is 35.1 Å². The lowest BCUT2D eigenvalue weighted by Gasteiger charge is -2.39. The zero-order chi connectivity index (χ0) is 21.4. The number of nitrogens with zero attached hydrogens (tertiary/aromatic N) is 3. The molecule has 1 atom stereocenters. The van der Waals surface area contributed by atoms with Gasteiger partial charge in [0.05, 0.1) is 6.61 Å². The average Bonchev–Trinajstić information content (AvgIpc) is 3.13. The summed E-state index contributed by atoms with van der Waals surface area (Å²) in [7, 11) is 1.64. The smallest absolute Gasteiger partial charge is 0.491 e. The Morgan fingerprint density at radius 1 is 1.20 bits per heavy atom. The molecule has 0 fully saturated rings. The second-order valence-corrected chi connectivity index (χ2v) is 6.72. The van der Waals surface area contributed by atoms with Crippen LogP contribution < -0.4 is 14.8 Å². The number of carbonyl (C=O) groups excluding carboxylic acids is 1. The van der Waals surface area contributed by atoms with Crippen molar-refractivity contribution in [2.24, 2.45) is 7.05 Å². The molecule has 0 saturated heterocycles. The van der Waals surface area contributed by atoms with E-state index >= 15 is 0 Å². The number of alkyl halides is 3. The molecule has 7 nitrogen and oxygen atoms in total. The van der Waals surface area contributed by atoms with Gasteiger partial charge in [-0.3, -0.25) is 14.5 Å². The van der Waals surface area contributed by atoms with Crippen LogP contribution in [0, 0.1) is 0 Å². The minimum Gasteiger partial charge on any atom is -0.491 e. The number of amides is 1. The summed E-state index contributed by atoms with van der Waals surface area (Å²) in [6.07, 6.45) is -1.39. The van der Waals surface area contributed by atoms with E-state index in [1.54, 1.807) is 31.4 Å². The van der Waals surface area contributed by atoms with Crippen LogP contribution in [0.3, 0.4) is 0 Å². The predicted molar refractivity (Wildman–Crippen MR) is 98.9 cm³/mol. The number of aryl methyl sites for hydroxylation is 1. The second kappa shape index (κ2) is 7.36. The number of hydrogen-bond donors (Lipinski definition) is 1. The van der Waals surface area contributed by atoms with Gasteiger partial charge in [0.1, 0.15) is 28.4 Å². The van der Waals surface area contributed by atoms with Crippen molar-refractivity contribution in [3.63, 3.8) is 0 Å². The molecule has 2 aromatic heterocycles. The first-order chi connectivity index (χ1) is 14.3. The van der Waals surface area contributed by atoms with Crippen LogP contribution in [0.15, 0.2) is 54.9 Å². The Morgan fingerprint density at radius 2 is 1.97 bits per heavy atom. The van der Waals surface area contributed by atoms with Gasteiger partial charge in [-0.2, -0.15) is 5.10 Å². The molecule has 3 heterocycles. The number of rotatable bonds is 4. The lowest BCUT2D eigenvalue weighted by Crippen LogP contribution is -2.50. The van der Waals surface area contributed by atoms with E-state index in [-0.39, 0.29) is 12.4 Å². The number of benzene rings is 1. The van der Waals surface area contributed by atoms with E-state index in [4.69, 9.17) is 4.74 Å². The summed E-state index contributed by atoms with van der Waals surface area (Å²) in [5.41, 5.74) is 0.245. The van der Waals surface area contributed by atoms with Crippen LogP contribution in [0.2, 0.25) is 0 Å². The van der Waals surface area contributed by atoms with Crippen LogP contribution in [0.5, 0.6) is 11.5 Å². The average molecular weight is 418 g/mol. The number of ether oxygens (including phenoxy) is 2. The number of nitrogens with one attached hydrogen (secondary N) is 1.